The van der Waals surface area contributed by atoms with Gasteiger partial charge in [-0.1, -0.05) is 12.1 Å². The maximum atomic E-state index is 12.6. The van der Waals surface area contributed by atoms with Crippen LogP contribution < -0.4 is 11.3 Å². The number of nitrogens with one attached hydrogen (secondary N) is 1. The number of hydrazine groups is 1. The third-order valence-corrected chi connectivity index (χ3v) is 3.84. The van der Waals surface area contributed by atoms with E-state index < -0.39 is 0 Å². The number of hydrogen-bond donors (Lipinski definition) is 2. The van der Waals surface area contributed by atoms with Crippen LogP contribution in [0.15, 0.2) is 24.3 Å². The summed E-state index contributed by atoms with van der Waals surface area (Å²) in [6, 6.07) is 7.36. The first-order valence-corrected chi connectivity index (χ1v) is 7.34. The topological polar surface area (TPSA) is 64.8 Å². The Morgan fingerprint density at radius 3 is 2.52 bits per heavy atom. The second kappa shape index (κ2) is 7.40. The first-order valence-electron chi connectivity index (χ1n) is 7.34. The van der Waals surface area contributed by atoms with Crippen LogP contribution >= 0.6 is 0 Å². The highest BCUT2D eigenvalue weighted by molar-refractivity contribution is 5.99. The van der Waals surface area contributed by atoms with Crippen molar-refractivity contribution < 1.29 is 4.79 Å². The zero-order valence-electron chi connectivity index (χ0n) is 12.9. The molecule has 1 fully saturated rings. The molecule has 21 heavy (non-hydrogen) atoms. The Kier molecular flexibility index (Phi) is 5.55. The number of anilines is 1. The maximum absolute atomic E-state index is 12.6. The van der Waals surface area contributed by atoms with Gasteiger partial charge in [0.25, 0.3) is 5.91 Å². The van der Waals surface area contributed by atoms with E-state index in [-0.39, 0.29) is 5.91 Å². The molecule has 0 radical (unpaired) electrons. The molecule has 0 aromatic heterocycles. The van der Waals surface area contributed by atoms with Crippen molar-refractivity contribution in [3.05, 3.63) is 29.8 Å². The molecule has 1 amide bonds. The summed E-state index contributed by atoms with van der Waals surface area (Å²) in [5.74, 6) is 5.53. The van der Waals surface area contributed by atoms with Crippen molar-refractivity contribution in [1.82, 2.24) is 14.7 Å². The van der Waals surface area contributed by atoms with Gasteiger partial charge >= 0.3 is 0 Å². The molecule has 1 saturated heterocycles. The molecule has 0 aliphatic carbocycles. The molecule has 0 spiro atoms. The number of nitrogens with two attached hydrogens (primary N) is 1. The third kappa shape index (κ3) is 4.17. The van der Waals surface area contributed by atoms with Gasteiger partial charge in [0.1, 0.15) is 0 Å². The second-order valence-electron chi connectivity index (χ2n) is 5.63. The summed E-state index contributed by atoms with van der Waals surface area (Å²) in [7, 11) is 4.16. The van der Waals surface area contributed by atoms with Gasteiger partial charge in [-0.25, -0.2) is 0 Å². The molecule has 0 unspecified atom stereocenters. The molecule has 0 bridgehead atoms. The van der Waals surface area contributed by atoms with Crippen LogP contribution in [-0.4, -0.2) is 74.0 Å². The number of amides is 1. The number of rotatable bonds is 5. The first-order chi connectivity index (χ1) is 10.1. The predicted molar refractivity (Wildman–Crippen MR) is 85.1 cm³/mol. The van der Waals surface area contributed by atoms with Crippen molar-refractivity contribution in [2.24, 2.45) is 5.84 Å². The molecule has 1 aliphatic heterocycles. The minimum atomic E-state index is 0.0517. The molecule has 6 nitrogen and oxygen atoms in total. The number of carbonyl (C=O) groups excluding carboxylic acids is 1. The van der Waals surface area contributed by atoms with Crippen molar-refractivity contribution in [3.8, 4) is 0 Å². The zero-order valence-corrected chi connectivity index (χ0v) is 12.9. The third-order valence-electron chi connectivity index (χ3n) is 3.84. The number of nitrogen functional groups attached to an aromatic ring is 1. The van der Waals surface area contributed by atoms with Gasteiger partial charge in [0.05, 0.1) is 11.3 Å². The van der Waals surface area contributed by atoms with Gasteiger partial charge < -0.3 is 15.2 Å². The molecule has 116 valence electrons. The summed E-state index contributed by atoms with van der Waals surface area (Å²) in [6.45, 7) is 5.50. The lowest BCUT2D eigenvalue weighted by Gasteiger charge is -2.35. The number of nitrogens with zero attached hydrogens (tertiary/aromatic N) is 3. The van der Waals surface area contributed by atoms with Gasteiger partial charge in [0.15, 0.2) is 0 Å². The molecule has 3 N–H and O–H groups in total. The molecular formula is C15H25N5O. The van der Waals surface area contributed by atoms with Gasteiger partial charge in [0.2, 0.25) is 0 Å². The van der Waals surface area contributed by atoms with E-state index in [1.165, 1.54) is 0 Å². The molecule has 1 aromatic carbocycles. The summed E-state index contributed by atoms with van der Waals surface area (Å²) in [4.78, 5) is 19.0. The van der Waals surface area contributed by atoms with Crippen molar-refractivity contribution in [2.75, 3.05) is 58.8 Å². The van der Waals surface area contributed by atoms with E-state index in [1.54, 1.807) is 0 Å². The highest BCUT2D eigenvalue weighted by Crippen LogP contribution is 2.17. The lowest BCUT2D eigenvalue weighted by atomic mass is 10.1. The Hall–Kier alpha value is -1.63. The van der Waals surface area contributed by atoms with Crippen LogP contribution in [0.3, 0.4) is 0 Å². The van der Waals surface area contributed by atoms with Gasteiger partial charge in [-0.15, -0.1) is 0 Å². The van der Waals surface area contributed by atoms with Crippen LogP contribution in [0.25, 0.3) is 0 Å². The first kappa shape index (κ1) is 15.8. The van der Waals surface area contributed by atoms with Gasteiger partial charge in [-0.05, 0) is 26.2 Å². The molecule has 1 aliphatic rings. The predicted octanol–water partition coefficient (Wildman–Crippen LogP) is 0.292. The quantitative estimate of drug-likeness (QED) is 0.603. The minimum Gasteiger partial charge on any atom is -0.336 e. The number of carbonyl (C=O) groups is 1. The largest absolute Gasteiger partial charge is 0.336 e. The maximum Gasteiger partial charge on any atom is 0.256 e. The number of likely N-dealkylation sites (N-methyl/N-ethyl adjacent to an activating group) is 1. The zero-order chi connectivity index (χ0) is 15.2. The average molecular weight is 291 g/mol. The van der Waals surface area contributed by atoms with Crippen molar-refractivity contribution in [3.63, 3.8) is 0 Å². The fourth-order valence-corrected chi connectivity index (χ4v) is 2.48. The van der Waals surface area contributed by atoms with Crippen LogP contribution in [0.4, 0.5) is 5.69 Å². The summed E-state index contributed by atoms with van der Waals surface area (Å²) < 4.78 is 0. The van der Waals surface area contributed by atoms with Crippen LogP contribution in [0.2, 0.25) is 0 Å². The molecule has 0 atom stereocenters. The molecular weight excluding hydrogens is 266 g/mol. The molecule has 1 aromatic rings. The molecule has 6 heteroatoms. The second-order valence-corrected chi connectivity index (χ2v) is 5.63. The Morgan fingerprint density at radius 2 is 1.90 bits per heavy atom. The van der Waals surface area contributed by atoms with Crippen molar-refractivity contribution in [2.45, 2.75) is 0 Å². The number of para-hydroxylation sites is 1. The Balaban J connectivity index is 1.91. The van der Waals surface area contributed by atoms with Crippen molar-refractivity contribution >= 4 is 11.6 Å². The summed E-state index contributed by atoms with van der Waals surface area (Å²) in [5, 5.41) is 0. The Morgan fingerprint density at radius 1 is 1.24 bits per heavy atom. The van der Waals surface area contributed by atoms with E-state index in [0.29, 0.717) is 11.3 Å². The molecule has 0 saturated carbocycles. The lowest BCUT2D eigenvalue weighted by Crippen LogP contribution is -2.50. The average Bonchev–Trinajstić information content (AvgIpc) is 2.52. The van der Waals surface area contributed by atoms with E-state index in [9.17, 15) is 4.79 Å². The highest BCUT2D eigenvalue weighted by atomic mass is 16.2. The van der Waals surface area contributed by atoms with E-state index >= 15 is 0 Å². The van der Waals surface area contributed by atoms with E-state index in [0.717, 1.165) is 39.3 Å². The highest BCUT2D eigenvalue weighted by Gasteiger charge is 2.23. The minimum absolute atomic E-state index is 0.0517. The van der Waals surface area contributed by atoms with E-state index in [1.807, 2.05) is 29.2 Å². The van der Waals surface area contributed by atoms with Gasteiger partial charge in [-0.2, -0.15) is 0 Å². The fraction of sp³-hybridized carbons (Fsp3) is 0.533. The van der Waals surface area contributed by atoms with Gasteiger partial charge in [-0.3, -0.25) is 15.5 Å². The van der Waals surface area contributed by atoms with E-state index in [2.05, 4.69) is 29.3 Å². The smallest absolute Gasteiger partial charge is 0.256 e. The molecule has 1 heterocycles. The molecule has 2 rings (SSSR count). The monoisotopic (exact) mass is 291 g/mol. The Bertz CT molecular complexity index is 469. The van der Waals surface area contributed by atoms with Crippen LogP contribution in [0.5, 0.6) is 0 Å². The summed E-state index contributed by atoms with van der Waals surface area (Å²) in [6.07, 6.45) is 0. The van der Waals surface area contributed by atoms with Crippen LogP contribution in [-0.2, 0) is 0 Å². The Labute approximate surface area is 126 Å². The van der Waals surface area contributed by atoms with Crippen molar-refractivity contribution in [1.29, 1.82) is 0 Å². The van der Waals surface area contributed by atoms with Crippen LogP contribution in [0, 0.1) is 0 Å². The fourth-order valence-electron chi connectivity index (χ4n) is 2.48. The lowest BCUT2D eigenvalue weighted by molar-refractivity contribution is 0.0630. The van der Waals surface area contributed by atoms with Crippen LogP contribution in [0.1, 0.15) is 10.4 Å². The van der Waals surface area contributed by atoms with E-state index in [4.69, 9.17) is 5.84 Å². The number of benzene rings is 1. The normalized spacial score (nSPS) is 16.3. The summed E-state index contributed by atoms with van der Waals surface area (Å²) in [5.41, 5.74) is 3.91. The SMILES string of the molecule is CN(C)CCN1CCN(C(=O)c2ccccc2NN)CC1. The summed E-state index contributed by atoms with van der Waals surface area (Å²) >= 11 is 0. The van der Waals surface area contributed by atoms with Gasteiger partial charge in [0, 0.05) is 39.3 Å². The number of piperazine rings is 1. The standard InChI is InChI=1S/C15H25N5O/c1-18(2)7-8-19-9-11-20(12-10-19)15(21)13-5-3-4-6-14(13)17-16/h3-6,17H,7-12,16H2,1-2H3. The number of hydrogen-bond acceptors (Lipinski definition) is 5.